The number of piperidine rings is 1. The molecule has 22 heavy (non-hydrogen) atoms. The maximum atomic E-state index is 12.0. The van der Waals surface area contributed by atoms with Crippen LogP contribution in [0.3, 0.4) is 0 Å². The summed E-state index contributed by atoms with van der Waals surface area (Å²) in [5, 5.41) is 10.1. The van der Waals surface area contributed by atoms with Gasteiger partial charge in [-0.2, -0.15) is 0 Å². The lowest BCUT2D eigenvalue weighted by atomic mass is 9.58. The molecule has 2 fully saturated rings. The minimum atomic E-state index is -3.12. The number of likely N-dealkylation sites (tertiary alicyclic amines) is 1. The second-order valence-corrected chi connectivity index (χ2v) is 8.65. The highest BCUT2D eigenvalue weighted by Gasteiger charge is 2.56. The largest absolute Gasteiger partial charge is 0.392 e. The van der Waals surface area contributed by atoms with Crippen LogP contribution in [-0.2, 0) is 19.4 Å². The van der Waals surface area contributed by atoms with E-state index in [4.69, 9.17) is 10.5 Å². The van der Waals surface area contributed by atoms with Gasteiger partial charge >= 0.3 is 0 Å². The molecule has 1 aliphatic heterocycles. The number of aliphatic hydroxyl groups is 1. The van der Waals surface area contributed by atoms with Gasteiger partial charge in [-0.3, -0.25) is 4.79 Å². The SMILES string of the molecule is CS(=O)(=O)CCC(=O)N1CCC2(CC1)[C@@H](O)C[C@H]2OCCN. The Balaban J connectivity index is 1.85. The first-order valence-corrected chi connectivity index (χ1v) is 9.80. The van der Waals surface area contributed by atoms with Gasteiger partial charge < -0.3 is 20.5 Å². The Morgan fingerprint density at radius 2 is 2.05 bits per heavy atom. The topological polar surface area (TPSA) is 110 Å². The average Bonchev–Trinajstić information content (AvgIpc) is 2.48. The molecule has 0 radical (unpaired) electrons. The highest BCUT2D eigenvalue weighted by atomic mass is 32.2. The van der Waals surface area contributed by atoms with E-state index in [1.807, 2.05) is 0 Å². The quantitative estimate of drug-likeness (QED) is 0.654. The van der Waals surface area contributed by atoms with E-state index in [2.05, 4.69) is 0 Å². The van der Waals surface area contributed by atoms with Crippen molar-refractivity contribution in [2.45, 2.75) is 37.9 Å². The van der Waals surface area contributed by atoms with Crippen LogP contribution in [0.2, 0.25) is 0 Å². The molecule has 1 spiro atoms. The van der Waals surface area contributed by atoms with Crippen molar-refractivity contribution < 1.29 is 23.1 Å². The number of hydrogen-bond acceptors (Lipinski definition) is 6. The normalized spacial score (nSPS) is 27.7. The van der Waals surface area contributed by atoms with Crippen molar-refractivity contribution >= 4 is 15.7 Å². The number of sulfone groups is 1. The minimum Gasteiger partial charge on any atom is -0.392 e. The summed E-state index contributed by atoms with van der Waals surface area (Å²) < 4.78 is 28.0. The number of carbonyl (C=O) groups excluding carboxylic acids is 1. The van der Waals surface area contributed by atoms with Gasteiger partial charge in [0.1, 0.15) is 9.84 Å². The number of amides is 1. The van der Waals surface area contributed by atoms with Crippen LogP contribution >= 0.6 is 0 Å². The number of ether oxygens (including phenoxy) is 1. The van der Waals surface area contributed by atoms with Crippen molar-refractivity contribution in [3.05, 3.63) is 0 Å². The molecule has 0 bridgehead atoms. The summed E-state index contributed by atoms with van der Waals surface area (Å²) in [6, 6.07) is 0. The molecule has 0 aromatic rings. The van der Waals surface area contributed by atoms with Crippen molar-refractivity contribution in [1.29, 1.82) is 0 Å². The van der Waals surface area contributed by atoms with Gasteiger partial charge in [-0.25, -0.2) is 8.42 Å². The van der Waals surface area contributed by atoms with Crippen molar-refractivity contribution in [2.24, 2.45) is 11.1 Å². The Morgan fingerprint density at radius 1 is 1.41 bits per heavy atom. The van der Waals surface area contributed by atoms with Crippen LogP contribution in [0.5, 0.6) is 0 Å². The molecule has 2 aliphatic rings. The molecule has 1 saturated carbocycles. The third kappa shape index (κ3) is 3.79. The van der Waals surface area contributed by atoms with Crippen LogP contribution in [0.4, 0.5) is 0 Å². The van der Waals surface area contributed by atoms with E-state index in [-0.39, 0.29) is 35.7 Å². The Morgan fingerprint density at radius 3 is 2.55 bits per heavy atom. The molecule has 0 aromatic heterocycles. The van der Waals surface area contributed by atoms with Gasteiger partial charge in [0.05, 0.1) is 24.6 Å². The zero-order chi connectivity index (χ0) is 16.4. The van der Waals surface area contributed by atoms with Crippen molar-refractivity contribution in [3.63, 3.8) is 0 Å². The highest BCUT2D eigenvalue weighted by Crippen LogP contribution is 2.50. The summed E-state index contributed by atoms with van der Waals surface area (Å²) in [5.74, 6) is -0.244. The van der Waals surface area contributed by atoms with Crippen LogP contribution in [0.1, 0.15) is 25.7 Å². The van der Waals surface area contributed by atoms with E-state index in [9.17, 15) is 18.3 Å². The Hall–Kier alpha value is -0.700. The molecule has 1 saturated heterocycles. The fourth-order valence-corrected chi connectivity index (χ4v) is 3.97. The molecular formula is C14H26N2O5S. The molecule has 7 nitrogen and oxygen atoms in total. The van der Waals surface area contributed by atoms with Crippen LogP contribution in [0.25, 0.3) is 0 Å². The number of rotatable bonds is 6. The second-order valence-electron chi connectivity index (χ2n) is 6.39. The predicted octanol–water partition coefficient (Wildman–Crippen LogP) is -0.862. The van der Waals surface area contributed by atoms with Crippen molar-refractivity contribution in [2.75, 3.05) is 38.2 Å². The molecule has 2 rings (SSSR count). The molecule has 1 amide bonds. The lowest BCUT2D eigenvalue weighted by Gasteiger charge is -2.56. The van der Waals surface area contributed by atoms with Gasteiger partial charge in [0.15, 0.2) is 0 Å². The molecule has 0 unspecified atom stereocenters. The second kappa shape index (κ2) is 6.82. The third-order valence-corrected chi connectivity index (χ3v) is 5.86. The number of nitrogens with zero attached hydrogens (tertiary/aromatic N) is 1. The summed E-state index contributed by atoms with van der Waals surface area (Å²) in [4.78, 5) is 13.7. The van der Waals surface area contributed by atoms with Gasteiger partial charge in [-0.05, 0) is 12.8 Å². The number of aliphatic hydroxyl groups excluding tert-OH is 1. The summed E-state index contributed by atoms with van der Waals surface area (Å²) in [6.07, 6.45) is 2.80. The summed E-state index contributed by atoms with van der Waals surface area (Å²) >= 11 is 0. The average molecular weight is 334 g/mol. The molecule has 3 N–H and O–H groups in total. The van der Waals surface area contributed by atoms with E-state index in [1.165, 1.54) is 0 Å². The van der Waals surface area contributed by atoms with Gasteiger partial charge in [-0.1, -0.05) is 0 Å². The first-order valence-electron chi connectivity index (χ1n) is 7.74. The summed E-state index contributed by atoms with van der Waals surface area (Å²) in [7, 11) is -3.12. The van der Waals surface area contributed by atoms with E-state index in [1.54, 1.807) is 4.90 Å². The summed E-state index contributed by atoms with van der Waals surface area (Å²) in [5.41, 5.74) is 5.19. The fourth-order valence-electron chi connectivity index (χ4n) is 3.43. The minimum absolute atomic E-state index is 0.0133. The smallest absolute Gasteiger partial charge is 0.223 e. The molecule has 1 heterocycles. The Bertz CT molecular complexity index is 499. The third-order valence-electron chi connectivity index (χ3n) is 4.91. The van der Waals surface area contributed by atoms with E-state index >= 15 is 0 Å². The van der Waals surface area contributed by atoms with Gasteiger partial charge in [-0.15, -0.1) is 0 Å². The molecule has 1 aliphatic carbocycles. The molecule has 2 atom stereocenters. The monoisotopic (exact) mass is 334 g/mol. The summed E-state index contributed by atoms with van der Waals surface area (Å²) in [6.45, 7) is 2.03. The van der Waals surface area contributed by atoms with E-state index in [0.29, 0.717) is 45.5 Å². The number of carbonyl (C=O) groups is 1. The maximum Gasteiger partial charge on any atom is 0.223 e. The number of nitrogens with two attached hydrogens (primary N) is 1. The van der Waals surface area contributed by atoms with E-state index < -0.39 is 9.84 Å². The molecule has 0 aromatic carbocycles. The number of hydrogen-bond donors (Lipinski definition) is 2. The van der Waals surface area contributed by atoms with Gasteiger partial charge in [0, 0.05) is 44.1 Å². The van der Waals surface area contributed by atoms with Gasteiger partial charge in [0.25, 0.3) is 0 Å². The van der Waals surface area contributed by atoms with Gasteiger partial charge in [0.2, 0.25) is 5.91 Å². The highest BCUT2D eigenvalue weighted by molar-refractivity contribution is 7.90. The predicted molar refractivity (Wildman–Crippen MR) is 82.0 cm³/mol. The Labute approximate surface area is 131 Å². The standard InChI is InChI=1S/C14H26N2O5S/c1-22(19,20)9-2-13(18)16-6-3-14(4-7-16)11(17)10-12(14)21-8-5-15/h11-12,17H,2-10,15H2,1H3/t11-,12+/m0/s1. The maximum absolute atomic E-state index is 12.0. The zero-order valence-electron chi connectivity index (χ0n) is 13.0. The van der Waals surface area contributed by atoms with E-state index in [0.717, 1.165) is 6.26 Å². The molecule has 128 valence electrons. The fraction of sp³-hybridized carbons (Fsp3) is 0.929. The lowest BCUT2D eigenvalue weighted by Crippen LogP contribution is -2.63. The molecule has 8 heteroatoms. The van der Waals surface area contributed by atoms with Crippen molar-refractivity contribution in [1.82, 2.24) is 4.90 Å². The molecular weight excluding hydrogens is 308 g/mol. The Kier molecular flexibility index (Phi) is 5.47. The zero-order valence-corrected chi connectivity index (χ0v) is 13.8. The van der Waals surface area contributed by atoms with Crippen LogP contribution in [0, 0.1) is 5.41 Å². The first kappa shape index (κ1) is 17.7. The first-order chi connectivity index (χ1) is 10.3. The van der Waals surface area contributed by atoms with Crippen LogP contribution in [-0.4, -0.2) is 74.8 Å². The van der Waals surface area contributed by atoms with Crippen LogP contribution in [0.15, 0.2) is 0 Å². The van der Waals surface area contributed by atoms with Crippen molar-refractivity contribution in [3.8, 4) is 0 Å². The van der Waals surface area contributed by atoms with Crippen LogP contribution < -0.4 is 5.73 Å². The lowest BCUT2D eigenvalue weighted by molar-refractivity contribution is -0.210.